The van der Waals surface area contributed by atoms with Crippen molar-refractivity contribution in [1.82, 2.24) is 0 Å². The summed E-state index contributed by atoms with van der Waals surface area (Å²) in [6, 6.07) is 4.15. The minimum absolute atomic E-state index is 0.188. The van der Waals surface area contributed by atoms with E-state index in [0.29, 0.717) is 0 Å². The topological polar surface area (TPSA) is 17.1 Å². The maximum absolute atomic E-state index is 12.3. The molecule has 96 valence electrons. The molecule has 0 heterocycles. The summed E-state index contributed by atoms with van der Waals surface area (Å²) < 4.78 is 0. The van der Waals surface area contributed by atoms with E-state index in [-0.39, 0.29) is 5.78 Å². The Morgan fingerprint density at radius 1 is 0.944 bits per heavy atom. The largest absolute Gasteiger partial charge is 0.289 e. The van der Waals surface area contributed by atoms with E-state index < -0.39 is 0 Å². The van der Waals surface area contributed by atoms with Gasteiger partial charge in [0.15, 0.2) is 5.78 Å². The fourth-order valence-electron chi connectivity index (χ4n) is 2.64. The Bertz CT molecular complexity index is 487. The van der Waals surface area contributed by atoms with Gasteiger partial charge in [-0.15, -0.1) is 0 Å². The highest BCUT2D eigenvalue weighted by Gasteiger charge is 2.11. The summed E-state index contributed by atoms with van der Waals surface area (Å²) in [5, 5.41) is 0. The lowest BCUT2D eigenvalue weighted by atomic mass is 9.91. The Balaban J connectivity index is 2.26. The molecule has 1 aliphatic carbocycles. The molecule has 1 aromatic rings. The highest BCUT2D eigenvalue weighted by molar-refractivity contribution is 6.06. The van der Waals surface area contributed by atoms with E-state index in [9.17, 15) is 4.79 Å². The lowest BCUT2D eigenvalue weighted by Gasteiger charge is -2.13. The molecule has 0 saturated heterocycles. The van der Waals surface area contributed by atoms with Gasteiger partial charge in [-0.1, -0.05) is 18.1 Å². The van der Waals surface area contributed by atoms with Crippen LogP contribution in [0.25, 0.3) is 0 Å². The number of aryl methyl sites for hydroxylation is 3. The molecule has 1 aliphatic rings. The average molecular weight is 242 g/mol. The molecule has 0 radical (unpaired) electrons. The van der Waals surface area contributed by atoms with Crippen LogP contribution in [-0.2, 0) is 0 Å². The van der Waals surface area contributed by atoms with E-state index in [1.54, 1.807) is 0 Å². The number of allylic oxidation sites excluding steroid dienone is 2. The van der Waals surface area contributed by atoms with E-state index in [1.807, 2.05) is 19.1 Å². The Morgan fingerprint density at radius 3 is 2.22 bits per heavy atom. The molecule has 0 unspecified atom stereocenters. The van der Waals surface area contributed by atoms with E-state index >= 15 is 0 Å². The summed E-state index contributed by atoms with van der Waals surface area (Å²) in [4.78, 5) is 12.3. The first-order valence-electron chi connectivity index (χ1n) is 6.89. The molecule has 0 aliphatic heterocycles. The van der Waals surface area contributed by atoms with Crippen LogP contribution in [0, 0.1) is 20.8 Å². The van der Waals surface area contributed by atoms with Crippen molar-refractivity contribution in [1.29, 1.82) is 0 Å². The smallest absolute Gasteiger partial charge is 0.186 e. The highest BCUT2D eigenvalue weighted by atomic mass is 16.1. The number of hydrogen-bond donors (Lipinski definition) is 0. The van der Waals surface area contributed by atoms with Crippen molar-refractivity contribution in [2.75, 3.05) is 0 Å². The summed E-state index contributed by atoms with van der Waals surface area (Å²) in [5.74, 6) is 0.188. The van der Waals surface area contributed by atoms with E-state index in [4.69, 9.17) is 0 Å². The van der Waals surface area contributed by atoms with Crippen LogP contribution in [0.4, 0.5) is 0 Å². The maximum atomic E-state index is 12.3. The zero-order valence-electron chi connectivity index (χ0n) is 11.7. The van der Waals surface area contributed by atoms with Crippen LogP contribution in [0.3, 0.4) is 0 Å². The van der Waals surface area contributed by atoms with Crippen LogP contribution in [0.2, 0.25) is 0 Å². The van der Waals surface area contributed by atoms with Gasteiger partial charge in [-0.25, -0.2) is 0 Å². The highest BCUT2D eigenvalue weighted by Crippen LogP contribution is 2.24. The van der Waals surface area contributed by atoms with Crippen LogP contribution in [-0.4, -0.2) is 5.78 Å². The van der Waals surface area contributed by atoms with Crippen molar-refractivity contribution in [2.24, 2.45) is 0 Å². The molecule has 1 nitrogen and oxygen atoms in total. The normalized spacial score (nSPS) is 15.6. The van der Waals surface area contributed by atoms with Crippen LogP contribution >= 0.6 is 0 Å². The predicted molar refractivity (Wildman–Crippen MR) is 76.2 cm³/mol. The molecule has 0 amide bonds. The van der Waals surface area contributed by atoms with Gasteiger partial charge in [-0.3, -0.25) is 4.79 Å². The maximum Gasteiger partial charge on any atom is 0.186 e. The molecule has 18 heavy (non-hydrogen) atoms. The third kappa shape index (κ3) is 2.90. The number of carbonyl (C=O) groups excluding carboxylic acids is 1. The molecule has 1 fully saturated rings. The van der Waals surface area contributed by atoms with Gasteiger partial charge < -0.3 is 0 Å². The van der Waals surface area contributed by atoms with Gasteiger partial charge in [-0.05, 0) is 75.3 Å². The fourth-order valence-corrected chi connectivity index (χ4v) is 2.64. The van der Waals surface area contributed by atoms with Crippen molar-refractivity contribution in [3.63, 3.8) is 0 Å². The van der Waals surface area contributed by atoms with E-state index in [2.05, 4.69) is 19.9 Å². The third-order valence-corrected chi connectivity index (χ3v) is 3.94. The Labute approximate surface area is 110 Å². The van der Waals surface area contributed by atoms with Crippen molar-refractivity contribution < 1.29 is 4.79 Å². The Kier molecular flexibility index (Phi) is 4.00. The van der Waals surface area contributed by atoms with Crippen molar-refractivity contribution >= 4 is 5.78 Å². The second-order valence-corrected chi connectivity index (χ2v) is 5.48. The second-order valence-electron chi connectivity index (χ2n) is 5.48. The van der Waals surface area contributed by atoms with Gasteiger partial charge in [0.1, 0.15) is 0 Å². The van der Waals surface area contributed by atoms with Crippen LogP contribution in [0.5, 0.6) is 0 Å². The van der Waals surface area contributed by atoms with Gasteiger partial charge in [-0.2, -0.15) is 0 Å². The zero-order chi connectivity index (χ0) is 13.1. The summed E-state index contributed by atoms with van der Waals surface area (Å²) in [6.45, 7) is 6.19. The summed E-state index contributed by atoms with van der Waals surface area (Å²) in [7, 11) is 0. The molecular weight excluding hydrogens is 220 g/mol. The molecule has 1 aromatic carbocycles. The van der Waals surface area contributed by atoms with Gasteiger partial charge in [0.25, 0.3) is 0 Å². The fraction of sp³-hybridized carbons (Fsp3) is 0.471. The molecular formula is C17H22O. The van der Waals surface area contributed by atoms with E-state index in [0.717, 1.165) is 24.0 Å². The van der Waals surface area contributed by atoms with E-state index in [1.165, 1.54) is 36.0 Å². The zero-order valence-corrected chi connectivity index (χ0v) is 11.7. The quantitative estimate of drug-likeness (QED) is 0.543. The molecule has 1 saturated carbocycles. The van der Waals surface area contributed by atoms with Crippen molar-refractivity contribution in [3.8, 4) is 0 Å². The lowest BCUT2D eigenvalue weighted by molar-refractivity contribution is 0.104. The van der Waals surface area contributed by atoms with Crippen LogP contribution < -0.4 is 0 Å². The lowest BCUT2D eigenvalue weighted by Crippen LogP contribution is -2.03. The monoisotopic (exact) mass is 242 g/mol. The molecule has 0 spiro atoms. The van der Waals surface area contributed by atoms with Crippen LogP contribution in [0.1, 0.15) is 59.2 Å². The molecule has 0 bridgehead atoms. The van der Waals surface area contributed by atoms with Gasteiger partial charge in [0.2, 0.25) is 0 Å². The molecule has 0 N–H and O–H groups in total. The molecule has 0 aromatic heterocycles. The minimum atomic E-state index is 0.188. The van der Waals surface area contributed by atoms with Crippen molar-refractivity contribution in [2.45, 2.75) is 52.9 Å². The SMILES string of the molecule is Cc1cc(C)c(C(=O)C=C2CCCCC2)cc1C. The summed E-state index contributed by atoms with van der Waals surface area (Å²) >= 11 is 0. The van der Waals surface area contributed by atoms with Gasteiger partial charge in [0, 0.05) is 5.56 Å². The minimum Gasteiger partial charge on any atom is -0.289 e. The van der Waals surface area contributed by atoms with Gasteiger partial charge >= 0.3 is 0 Å². The number of benzene rings is 1. The second kappa shape index (κ2) is 5.51. The summed E-state index contributed by atoms with van der Waals surface area (Å²) in [5.41, 5.74) is 5.76. The summed E-state index contributed by atoms with van der Waals surface area (Å²) in [6.07, 6.45) is 7.89. The molecule has 2 rings (SSSR count). The number of carbonyl (C=O) groups is 1. The number of rotatable bonds is 2. The van der Waals surface area contributed by atoms with Gasteiger partial charge in [0.05, 0.1) is 0 Å². The number of ketones is 1. The first-order valence-corrected chi connectivity index (χ1v) is 6.89. The Hall–Kier alpha value is -1.37. The van der Waals surface area contributed by atoms with Crippen LogP contribution in [0.15, 0.2) is 23.8 Å². The third-order valence-electron chi connectivity index (χ3n) is 3.94. The first kappa shape index (κ1) is 13.1. The predicted octanol–water partition coefficient (Wildman–Crippen LogP) is 4.69. The molecule has 0 atom stereocenters. The average Bonchev–Trinajstić information content (AvgIpc) is 2.35. The molecule has 1 heteroatoms. The standard InChI is InChI=1S/C17H22O/c1-12-9-14(3)16(10-13(12)2)17(18)11-15-7-5-4-6-8-15/h9-11H,4-8H2,1-3H3. The Morgan fingerprint density at radius 2 is 1.56 bits per heavy atom. The van der Waals surface area contributed by atoms with Crippen molar-refractivity contribution in [3.05, 3.63) is 46.0 Å². The number of hydrogen-bond acceptors (Lipinski definition) is 1. The first-order chi connectivity index (χ1) is 8.58.